The average molecular weight is 302 g/mol. The van der Waals surface area contributed by atoms with E-state index in [1.165, 1.54) is 0 Å². The molecule has 1 atom stereocenters. The zero-order valence-electron chi connectivity index (χ0n) is 12.7. The van der Waals surface area contributed by atoms with E-state index >= 15 is 0 Å². The number of nitrogens with zero attached hydrogens (tertiary/aromatic N) is 2. The van der Waals surface area contributed by atoms with Gasteiger partial charge in [-0.3, -0.25) is 9.98 Å². The highest BCUT2D eigenvalue weighted by atomic mass is 16.3. The van der Waals surface area contributed by atoms with Gasteiger partial charge in [0.2, 0.25) is 0 Å². The summed E-state index contributed by atoms with van der Waals surface area (Å²) >= 11 is 0. The number of hydrogen-bond donors (Lipinski definition) is 1. The van der Waals surface area contributed by atoms with Crippen molar-refractivity contribution in [2.45, 2.75) is 12.6 Å². The van der Waals surface area contributed by atoms with Gasteiger partial charge in [-0.15, -0.1) is 0 Å². The van der Waals surface area contributed by atoms with Gasteiger partial charge in [-0.1, -0.05) is 66.7 Å². The molecule has 3 aromatic rings. The summed E-state index contributed by atoms with van der Waals surface area (Å²) in [6, 6.07) is 23.3. The molecule has 3 nitrogen and oxygen atoms in total. The molecule has 1 unspecified atom stereocenters. The summed E-state index contributed by atoms with van der Waals surface area (Å²) < 4.78 is 0. The van der Waals surface area contributed by atoms with Crippen molar-refractivity contribution in [2.24, 2.45) is 4.99 Å². The normalized spacial score (nSPS) is 12.8. The van der Waals surface area contributed by atoms with E-state index in [1.807, 2.05) is 72.8 Å². The van der Waals surface area contributed by atoms with E-state index in [9.17, 15) is 5.11 Å². The first-order valence-electron chi connectivity index (χ1n) is 7.56. The Morgan fingerprint density at radius 3 is 2.26 bits per heavy atom. The van der Waals surface area contributed by atoms with Crippen molar-refractivity contribution in [1.29, 1.82) is 0 Å². The van der Waals surface area contributed by atoms with Gasteiger partial charge in [0.1, 0.15) is 6.10 Å². The van der Waals surface area contributed by atoms with Crippen molar-refractivity contribution in [3.05, 3.63) is 102 Å². The molecule has 2 aromatic carbocycles. The molecular formula is C20H18N2O. The number of aromatic nitrogens is 1. The second-order valence-electron chi connectivity index (χ2n) is 5.24. The number of aliphatic imine (C=N–C) groups is 1. The maximum Gasteiger partial charge on any atom is 0.121 e. The second-order valence-corrected chi connectivity index (χ2v) is 5.24. The Kier molecular flexibility index (Phi) is 4.92. The quantitative estimate of drug-likeness (QED) is 0.729. The zero-order valence-corrected chi connectivity index (χ0v) is 12.7. The van der Waals surface area contributed by atoms with Gasteiger partial charge in [0.05, 0.1) is 12.3 Å². The predicted octanol–water partition coefficient (Wildman–Crippen LogP) is 3.80. The molecule has 0 spiro atoms. The smallest absolute Gasteiger partial charge is 0.121 e. The molecule has 23 heavy (non-hydrogen) atoms. The van der Waals surface area contributed by atoms with Crippen molar-refractivity contribution in [3.8, 4) is 0 Å². The minimum absolute atomic E-state index is 0.488. The highest BCUT2D eigenvalue weighted by Crippen LogP contribution is 2.20. The molecular weight excluding hydrogens is 284 g/mol. The fourth-order valence-corrected chi connectivity index (χ4v) is 2.41. The third-order valence-corrected chi connectivity index (χ3v) is 3.60. The lowest BCUT2D eigenvalue weighted by atomic mass is 9.99. The van der Waals surface area contributed by atoms with Crippen LogP contribution in [0.1, 0.15) is 22.8 Å². The van der Waals surface area contributed by atoms with Crippen molar-refractivity contribution in [2.75, 3.05) is 0 Å². The Morgan fingerprint density at radius 1 is 0.913 bits per heavy atom. The van der Waals surface area contributed by atoms with Crippen molar-refractivity contribution >= 4 is 5.71 Å². The Balaban J connectivity index is 1.94. The summed E-state index contributed by atoms with van der Waals surface area (Å²) in [6.07, 6.45) is 2.78. The molecule has 0 bridgehead atoms. The van der Waals surface area contributed by atoms with E-state index in [2.05, 4.69) is 9.98 Å². The van der Waals surface area contributed by atoms with Crippen LogP contribution >= 0.6 is 0 Å². The van der Waals surface area contributed by atoms with Crippen molar-refractivity contribution in [1.82, 2.24) is 4.98 Å². The van der Waals surface area contributed by atoms with Crippen LogP contribution in [-0.4, -0.2) is 15.8 Å². The standard InChI is InChI=1S/C20H18N2O/c23-20(18-11-5-2-6-12-18)19(17-9-3-1-4-10-17)22-15-16-8-7-13-21-14-16/h1-14,20,23H,15H2. The van der Waals surface area contributed by atoms with Crippen LogP contribution in [0.2, 0.25) is 0 Å². The molecule has 1 heterocycles. The van der Waals surface area contributed by atoms with Crippen LogP contribution in [-0.2, 0) is 6.54 Å². The van der Waals surface area contributed by atoms with Crippen LogP contribution in [0.3, 0.4) is 0 Å². The maximum absolute atomic E-state index is 10.8. The first-order valence-corrected chi connectivity index (χ1v) is 7.56. The fraction of sp³-hybridized carbons (Fsp3) is 0.100. The Morgan fingerprint density at radius 2 is 1.61 bits per heavy atom. The molecule has 0 saturated heterocycles. The maximum atomic E-state index is 10.8. The highest BCUT2D eigenvalue weighted by molar-refractivity contribution is 6.04. The highest BCUT2D eigenvalue weighted by Gasteiger charge is 2.16. The lowest BCUT2D eigenvalue weighted by Gasteiger charge is -2.15. The van der Waals surface area contributed by atoms with Gasteiger partial charge < -0.3 is 5.11 Å². The first kappa shape index (κ1) is 15.1. The number of hydrogen-bond acceptors (Lipinski definition) is 3. The summed E-state index contributed by atoms with van der Waals surface area (Å²) in [5.74, 6) is 0. The van der Waals surface area contributed by atoms with Crippen molar-refractivity contribution in [3.63, 3.8) is 0 Å². The molecule has 0 amide bonds. The van der Waals surface area contributed by atoms with Gasteiger partial charge in [0, 0.05) is 12.4 Å². The summed E-state index contributed by atoms with van der Waals surface area (Å²) in [4.78, 5) is 8.77. The summed E-state index contributed by atoms with van der Waals surface area (Å²) in [6.45, 7) is 0.488. The van der Waals surface area contributed by atoms with Gasteiger partial charge in [-0.2, -0.15) is 0 Å². The lowest BCUT2D eigenvalue weighted by Crippen LogP contribution is -2.14. The predicted molar refractivity (Wildman–Crippen MR) is 92.3 cm³/mol. The molecule has 0 fully saturated rings. The molecule has 0 radical (unpaired) electrons. The largest absolute Gasteiger partial charge is 0.382 e. The monoisotopic (exact) mass is 302 g/mol. The Bertz CT molecular complexity index is 755. The van der Waals surface area contributed by atoms with Crippen LogP contribution in [0.15, 0.2) is 90.2 Å². The molecule has 0 aliphatic rings. The van der Waals surface area contributed by atoms with E-state index < -0.39 is 6.10 Å². The minimum atomic E-state index is -0.754. The minimum Gasteiger partial charge on any atom is -0.382 e. The van der Waals surface area contributed by atoms with Crippen LogP contribution in [0.25, 0.3) is 0 Å². The van der Waals surface area contributed by atoms with E-state index in [1.54, 1.807) is 12.4 Å². The van der Waals surface area contributed by atoms with E-state index in [-0.39, 0.29) is 0 Å². The van der Waals surface area contributed by atoms with Gasteiger partial charge in [-0.05, 0) is 22.8 Å². The SMILES string of the molecule is OC(C(=NCc1cccnc1)c1ccccc1)c1ccccc1. The summed E-state index contributed by atoms with van der Waals surface area (Å²) in [5, 5.41) is 10.8. The summed E-state index contributed by atoms with van der Waals surface area (Å²) in [5.41, 5.74) is 3.44. The van der Waals surface area contributed by atoms with Gasteiger partial charge in [0.25, 0.3) is 0 Å². The number of rotatable bonds is 5. The molecule has 0 aliphatic carbocycles. The van der Waals surface area contributed by atoms with Gasteiger partial charge in [0.15, 0.2) is 0 Å². The van der Waals surface area contributed by atoms with Gasteiger partial charge in [-0.25, -0.2) is 0 Å². The van der Waals surface area contributed by atoms with Crippen LogP contribution in [0.5, 0.6) is 0 Å². The molecule has 3 heteroatoms. The fourth-order valence-electron chi connectivity index (χ4n) is 2.41. The first-order chi connectivity index (χ1) is 11.3. The van der Waals surface area contributed by atoms with Crippen LogP contribution in [0, 0.1) is 0 Å². The Labute approximate surface area is 136 Å². The van der Waals surface area contributed by atoms with E-state index in [0.29, 0.717) is 12.3 Å². The zero-order chi connectivity index (χ0) is 15.9. The van der Waals surface area contributed by atoms with Crippen LogP contribution in [0.4, 0.5) is 0 Å². The average Bonchev–Trinajstić information content (AvgIpc) is 2.64. The number of pyridine rings is 1. The molecule has 114 valence electrons. The molecule has 0 aliphatic heterocycles. The van der Waals surface area contributed by atoms with Crippen LogP contribution < -0.4 is 0 Å². The topological polar surface area (TPSA) is 45.5 Å². The number of benzene rings is 2. The van der Waals surface area contributed by atoms with E-state index in [0.717, 1.165) is 16.7 Å². The number of aliphatic hydroxyl groups excluding tert-OH is 1. The molecule has 1 N–H and O–H groups in total. The third kappa shape index (κ3) is 3.90. The lowest BCUT2D eigenvalue weighted by molar-refractivity contribution is 0.247. The second kappa shape index (κ2) is 7.47. The van der Waals surface area contributed by atoms with Gasteiger partial charge >= 0.3 is 0 Å². The van der Waals surface area contributed by atoms with Crippen molar-refractivity contribution < 1.29 is 5.11 Å². The number of aliphatic hydroxyl groups is 1. The molecule has 1 aromatic heterocycles. The molecule has 0 saturated carbocycles. The molecule has 3 rings (SSSR count). The Hall–Kier alpha value is -2.78. The third-order valence-electron chi connectivity index (χ3n) is 3.60. The summed E-state index contributed by atoms with van der Waals surface area (Å²) in [7, 11) is 0. The van der Waals surface area contributed by atoms with E-state index in [4.69, 9.17) is 0 Å².